The highest BCUT2D eigenvalue weighted by atomic mass is 35.5. The lowest BCUT2D eigenvalue weighted by Crippen LogP contribution is -2.05. The molecule has 1 aromatic heterocycles. The predicted molar refractivity (Wildman–Crippen MR) is 101 cm³/mol. The smallest absolute Gasteiger partial charge is 0.228 e. The molecule has 0 bridgehead atoms. The number of benzene rings is 3. The van der Waals surface area contributed by atoms with Gasteiger partial charge < -0.3 is 0 Å². The first-order chi connectivity index (χ1) is 11.6. The summed E-state index contributed by atoms with van der Waals surface area (Å²) in [7, 11) is 0. The van der Waals surface area contributed by atoms with Gasteiger partial charge in [0, 0.05) is 33.3 Å². The molecule has 2 nitrogen and oxygen atoms in total. The summed E-state index contributed by atoms with van der Waals surface area (Å²) in [6, 6.07) is 19.3. The molecule has 4 heteroatoms. The zero-order valence-corrected chi connectivity index (χ0v) is 14.4. The quantitative estimate of drug-likeness (QED) is 0.386. The topological polar surface area (TPSA) is 22.0 Å². The largest absolute Gasteiger partial charge is 0.279 e. The molecule has 24 heavy (non-hydrogen) atoms. The van der Waals surface area contributed by atoms with Gasteiger partial charge >= 0.3 is 0 Å². The van der Waals surface area contributed by atoms with E-state index in [0.29, 0.717) is 10.0 Å². The molecule has 4 aromatic rings. The van der Waals surface area contributed by atoms with Gasteiger partial charge in [0.15, 0.2) is 0 Å². The molecule has 1 heterocycles. The first-order valence-electron chi connectivity index (χ1n) is 7.56. The third-order valence-corrected chi connectivity index (χ3v) is 4.67. The normalized spacial score (nSPS) is 11.3. The summed E-state index contributed by atoms with van der Waals surface area (Å²) >= 11 is 12.3. The molecule has 0 saturated heterocycles. The summed E-state index contributed by atoms with van der Waals surface area (Å²) in [5, 5.41) is 3.29. The van der Waals surface area contributed by atoms with E-state index in [0.717, 1.165) is 32.9 Å². The highest BCUT2D eigenvalue weighted by Crippen LogP contribution is 2.37. The zero-order chi connectivity index (χ0) is 16.8. The van der Waals surface area contributed by atoms with Crippen molar-refractivity contribution < 1.29 is 4.79 Å². The molecular weight excluding hydrogens is 341 g/mol. The van der Waals surface area contributed by atoms with Crippen molar-refractivity contribution in [2.45, 2.75) is 6.92 Å². The third kappa shape index (κ3) is 2.31. The van der Waals surface area contributed by atoms with Gasteiger partial charge in [-0.15, -0.1) is 0 Å². The SMILES string of the molecule is CC(=O)n1c2ccc(Cl)cc2c2cccc(-c3cccc(Cl)c3)c21. The molecule has 0 radical (unpaired) electrons. The molecule has 0 saturated carbocycles. The van der Waals surface area contributed by atoms with E-state index in [1.807, 2.05) is 54.6 Å². The second-order valence-electron chi connectivity index (χ2n) is 5.73. The number of carbonyl (C=O) groups excluding carboxylic acids is 1. The lowest BCUT2D eigenvalue weighted by molar-refractivity contribution is 0.0946. The van der Waals surface area contributed by atoms with Crippen molar-refractivity contribution >= 4 is 50.9 Å². The zero-order valence-electron chi connectivity index (χ0n) is 12.9. The Balaban J connectivity index is 2.21. The number of hydrogen-bond acceptors (Lipinski definition) is 1. The summed E-state index contributed by atoms with van der Waals surface area (Å²) in [6.07, 6.45) is 0. The minimum atomic E-state index is -0.0354. The minimum absolute atomic E-state index is 0.0354. The fourth-order valence-corrected chi connectivity index (χ4v) is 3.62. The van der Waals surface area contributed by atoms with E-state index in [2.05, 4.69) is 0 Å². The van der Waals surface area contributed by atoms with Crippen LogP contribution in [0.2, 0.25) is 10.0 Å². The lowest BCUT2D eigenvalue weighted by atomic mass is 10.0. The molecule has 0 fully saturated rings. The first kappa shape index (κ1) is 15.3. The fourth-order valence-electron chi connectivity index (χ4n) is 3.26. The monoisotopic (exact) mass is 353 g/mol. The Bertz CT molecular complexity index is 1110. The molecule has 0 N–H and O–H groups in total. The van der Waals surface area contributed by atoms with E-state index in [4.69, 9.17) is 23.2 Å². The number of aromatic nitrogens is 1. The Hall–Kier alpha value is -2.29. The molecule has 0 aliphatic rings. The van der Waals surface area contributed by atoms with Crippen molar-refractivity contribution in [3.8, 4) is 11.1 Å². The van der Waals surface area contributed by atoms with Gasteiger partial charge in [-0.1, -0.05) is 53.5 Å². The molecule has 0 amide bonds. The Morgan fingerprint density at radius 2 is 1.62 bits per heavy atom. The maximum absolute atomic E-state index is 12.4. The number of nitrogens with zero attached hydrogens (tertiary/aromatic N) is 1. The van der Waals surface area contributed by atoms with E-state index in [1.54, 1.807) is 17.6 Å². The maximum Gasteiger partial charge on any atom is 0.228 e. The van der Waals surface area contributed by atoms with Crippen LogP contribution >= 0.6 is 23.2 Å². The van der Waals surface area contributed by atoms with Crippen LogP contribution in [0.1, 0.15) is 11.7 Å². The van der Waals surface area contributed by atoms with Crippen molar-refractivity contribution in [1.82, 2.24) is 4.57 Å². The average molecular weight is 354 g/mol. The van der Waals surface area contributed by atoms with Crippen molar-refractivity contribution in [1.29, 1.82) is 0 Å². The van der Waals surface area contributed by atoms with Crippen molar-refractivity contribution in [2.75, 3.05) is 0 Å². The summed E-state index contributed by atoms with van der Waals surface area (Å²) < 4.78 is 1.75. The van der Waals surface area contributed by atoms with Gasteiger partial charge in [0.2, 0.25) is 5.91 Å². The molecule has 0 unspecified atom stereocenters. The highest BCUT2D eigenvalue weighted by Gasteiger charge is 2.17. The molecular formula is C20H13Cl2NO. The minimum Gasteiger partial charge on any atom is -0.279 e. The number of para-hydroxylation sites is 1. The Morgan fingerprint density at radius 1 is 0.875 bits per heavy atom. The van der Waals surface area contributed by atoms with Crippen molar-refractivity contribution in [3.63, 3.8) is 0 Å². The van der Waals surface area contributed by atoms with Crippen molar-refractivity contribution in [3.05, 3.63) is 70.7 Å². The van der Waals surface area contributed by atoms with Crippen LogP contribution in [0.4, 0.5) is 0 Å². The second-order valence-corrected chi connectivity index (χ2v) is 6.60. The van der Waals surface area contributed by atoms with E-state index in [9.17, 15) is 4.79 Å². The van der Waals surface area contributed by atoms with Gasteiger partial charge in [0.1, 0.15) is 0 Å². The Morgan fingerprint density at radius 3 is 2.38 bits per heavy atom. The first-order valence-corrected chi connectivity index (χ1v) is 8.31. The number of rotatable bonds is 1. The molecule has 3 aromatic carbocycles. The van der Waals surface area contributed by atoms with Crippen LogP contribution in [0.25, 0.3) is 32.9 Å². The van der Waals surface area contributed by atoms with Crippen LogP contribution in [0, 0.1) is 0 Å². The van der Waals surface area contributed by atoms with Crippen LogP contribution < -0.4 is 0 Å². The molecule has 0 aliphatic heterocycles. The molecule has 4 rings (SSSR count). The Kier molecular flexibility index (Phi) is 3.60. The lowest BCUT2D eigenvalue weighted by Gasteiger charge is -2.08. The second kappa shape index (κ2) is 5.66. The Labute approximate surface area is 149 Å². The van der Waals surface area contributed by atoms with Crippen LogP contribution in [0.3, 0.4) is 0 Å². The molecule has 118 valence electrons. The number of carbonyl (C=O) groups is 1. The number of fused-ring (bicyclic) bond motifs is 3. The number of hydrogen-bond donors (Lipinski definition) is 0. The van der Waals surface area contributed by atoms with Crippen LogP contribution in [0.5, 0.6) is 0 Å². The average Bonchev–Trinajstić information content (AvgIpc) is 2.88. The van der Waals surface area contributed by atoms with Crippen LogP contribution in [-0.4, -0.2) is 10.5 Å². The number of halogens is 2. The summed E-state index contributed by atoms with van der Waals surface area (Å²) in [6.45, 7) is 1.57. The predicted octanol–water partition coefficient (Wildman–Crippen LogP) is 6.43. The standard InChI is InChI=1S/C20H13Cl2NO/c1-12(24)23-19-9-8-15(22)11-18(19)17-7-3-6-16(20(17)23)13-4-2-5-14(21)10-13/h2-11H,1H3. The fraction of sp³-hybridized carbons (Fsp3) is 0.0500. The van der Waals surface area contributed by atoms with Gasteiger partial charge in [0.05, 0.1) is 11.0 Å². The van der Waals surface area contributed by atoms with Gasteiger partial charge in [-0.25, -0.2) is 0 Å². The maximum atomic E-state index is 12.4. The van der Waals surface area contributed by atoms with E-state index in [1.165, 1.54) is 0 Å². The summed E-state index contributed by atoms with van der Waals surface area (Å²) in [5.74, 6) is -0.0354. The van der Waals surface area contributed by atoms with Gasteiger partial charge in [-0.3, -0.25) is 9.36 Å². The van der Waals surface area contributed by atoms with E-state index in [-0.39, 0.29) is 5.91 Å². The van der Waals surface area contributed by atoms with Crippen molar-refractivity contribution in [2.24, 2.45) is 0 Å². The van der Waals surface area contributed by atoms with Gasteiger partial charge in [-0.05, 0) is 35.9 Å². The summed E-state index contributed by atoms with van der Waals surface area (Å²) in [5.41, 5.74) is 3.68. The highest BCUT2D eigenvalue weighted by molar-refractivity contribution is 6.32. The van der Waals surface area contributed by atoms with E-state index >= 15 is 0 Å². The van der Waals surface area contributed by atoms with Gasteiger partial charge in [0.25, 0.3) is 0 Å². The van der Waals surface area contributed by atoms with E-state index < -0.39 is 0 Å². The molecule has 0 atom stereocenters. The molecule has 0 spiro atoms. The molecule has 0 aliphatic carbocycles. The summed E-state index contributed by atoms with van der Waals surface area (Å²) in [4.78, 5) is 12.4. The third-order valence-electron chi connectivity index (χ3n) is 4.20. The van der Waals surface area contributed by atoms with Crippen LogP contribution in [0.15, 0.2) is 60.7 Å². The van der Waals surface area contributed by atoms with Gasteiger partial charge in [-0.2, -0.15) is 0 Å². The van der Waals surface area contributed by atoms with Crippen LogP contribution in [-0.2, 0) is 0 Å².